The van der Waals surface area contributed by atoms with Crippen LogP contribution in [0.4, 0.5) is 0 Å². The van der Waals surface area contributed by atoms with Gasteiger partial charge in [-0.1, -0.05) is 26.0 Å². The number of likely N-dealkylation sites (N-methyl/N-ethyl adjacent to an activating group) is 1. The zero-order valence-electron chi connectivity index (χ0n) is 14.4. The van der Waals surface area contributed by atoms with E-state index in [9.17, 15) is 4.79 Å². The molecule has 1 unspecified atom stereocenters. The molecule has 4 heteroatoms. The van der Waals surface area contributed by atoms with Crippen LogP contribution in [0.2, 0.25) is 0 Å². The number of allylic oxidation sites excluding steroid dienone is 1. The number of rotatable bonds is 4. The van der Waals surface area contributed by atoms with Crippen molar-refractivity contribution in [2.75, 3.05) is 20.1 Å². The van der Waals surface area contributed by atoms with Crippen LogP contribution < -0.4 is 5.32 Å². The summed E-state index contributed by atoms with van der Waals surface area (Å²) in [6.07, 6.45) is 9.17. The van der Waals surface area contributed by atoms with Gasteiger partial charge in [-0.25, -0.2) is 0 Å². The van der Waals surface area contributed by atoms with Crippen molar-refractivity contribution < 1.29 is 4.79 Å². The number of nitrogens with zero attached hydrogens (tertiary/aromatic N) is 2. The molecule has 1 aromatic rings. The van der Waals surface area contributed by atoms with E-state index < -0.39 is 0 Å². The lowest BCUT2D eigenvalue weighted by Crippen LogP contribution is -2.51. The summed E-state index contributed by atoms with van der Waals surface area (Å²) < 4.78 is 0. The van der Waals surface area contributed by atoms with Gasteiger partial charge in [0.1, 0.15) is 0 Å². The first-order valence-electron chi connectivity index (χ1n) is 8.66. The third-order valence-corrected chi connectivity index (χ3v) is 5.26. The third kappa shape index (κ3) is 3.05. The molecular weight excluding hydrogens is 286 g/mol. The highest BCUT2D eigenvalue weighted by Gasteiger charge is 2.40. The molecule has 1 atom stereocenters. The number of piperidine rings is 1. The molecule has 2 aliphatic rings. The van der Waals surface area contributed by atoms with E-state index in [1.807, 2.05) is 24.2 Å². The molecule has 0 bridgehead atoms. The van der Waals surface area contributed by atoms with Crippen molar-refractivity contribution in [3.05, 3.63) is 35.7 Å². The smallest absolute Gasteiger partial charge is 0.239 e. The molecule has 1 aromatic heterocycles. The number of pyridine rings is 1. The molecule has 1 spiro atoms. The molecule has 0 saturated carbocycles. The zero-order chi connectivity index (χ0) is 16.4. The first-order chi connectivity index (χ1) is 11.1. The Morgan fingerprint density at radius 3 is 2.78 bits per heavy atom. The Hall–Kier alpha value is -1.68. The van der Waals surface area contributed by atoms with E-state index >= 15 is 0 Å². The van der Waals surface area contributed by atoms with Gasteiger partial charge in [-0.2, -0.15) is 0 Å². The second kappa shape index (κ2) is 6.44. The Kier molecular flexibility index (Phi) is 4.53. The van der Waals surface area contributed by atoms with Gasteiger partial charge in [-0.3, -0.25) is 9.78 Å². The van der Waals surface area contributed by atoms with Crippen LogP contribution in [0.5, 0.6) is 0 Å². The maximum atomic E-state index is 12.7. The average Bonchev–Trinajstić information content (AvgIpc) is 2.91. The maximum Gasteiger partial charge on any atom is 0.239 e. The number of amides is 1. The van der Waals surface area contributed by atoms with Crippen LogP contribution in [-0.2, 0) is 10.2 Å². The number of hydrogen-bond donors (Lipinski definition) is 1. The van der Waals surface area contributed by atoms with Gasteiger partial charge < -0.3 is 10.2 Å². The molecule has 1 saturated heterocycles. The molecule has 0 radical (unpaired) electrons. The van der Waals surface area contributed by atoms with Crippen LogP contribution in [0.1, 0.15) is 44.4 Å². The summed E-state index contributed by atoms with van der Waals surface area (Å²) in [6.45, 7) is 5.98. The minimum atomic E-state index is -0.0582. The summed E-state index contributed by atoms with van der Waals surface area (Å²) in [4.78, 5) is 19.2. The summed E-state index contributed by atoms with van der Waals surface area (Å²) in [5.41, 5.74) is 2.52. The van der Waals surface area contributed by atoms with E-state index in [0.717, 1.165) is 38.0 Å². The van der Waals surface area contributed by atoms with Crippen molar-refractivity contribution in [3.63, 3.8) is 0 Å². The van der Waals surface area contributed by atoms with Crippen molar-refractivity contribution in [1.29, 1.82) is 0 Å². The Bertz CT molecular complexity index is 600. The van der Waals surface area contributed by atoms with Gasteiger partial charge in [0.15, 0.2) is 0 Å². The maximum absolute atomic E-state index is 12.7. The number of likely N-dealkylation sites (tertiary alicyclic amines) is 1. The van der Waals surface area contributed by atoms with Gasteiger partial charge >= 0.3 is 0 Å². The summed E-state index contributed by atoms with van der Waals surface area (Å²) >= 11 is 0. The van der Waals surface area contributed by atoms with Gasteiger partial charge in [0.2, 0.25) is 5.91 Å². The fourth-order valence-electron chi connectivity index (χ4n) is 3.90. The van der Waals surface area contributed by atoms with Crippen molar-refractivity contribution in [1.82, 2.24) is 15.2 Å². The van der Waals surface area contributed by atoms with Crippen LogP contribution in [0.15, 0.2) is 24.4 Å². The topological polar surface area (TPSA) is 45.2 Å². The van der Waals surface area contributed by atoms with E-state index in [4.69, 9.17) is 0 Å². The highest BCUT2D eigenvalue weighted by molar-refractivity contribution is 5.82. The summed E-state index contributed by atoms with van der Waals surface area (Å²) in [5, 5.41) is 3.19. The highest BCUT2D eigenvalue weighted by Crippen LogP contribution is 2.42. The fraction of sp³-hybridized carbons (Fsp3) is 0.579. The minimum Gasteiger partial charge on any atom is -0.341 e. The number of fused-ring (bicyclic) bond motifs is 2. The summed E-state index contributed by atoms with van der Waals surface area (Å²) in [6, 6.07) is 4.15. The van der Waals surface area contributed by atoms with Crippen molar-refractivity contribution in [2.45, 2.75) is 44.6 Å². The number of aromatic nitrogens is 1. The molecular formula is C19H27N3O. The second-order valence-electron chi connectivity index (χ2n) is 7.22. The Labute approximate surface area is 139 Å². The average molecular weight is 313 g/mol. The SMILES string of the molecule is CNC(CC(C)C)C(=O)N1CCC2(C=Cc3ncccc32)CC1. The van der Waals surface area contributed by atoms with Crippen LogP contribution in [0.25, 0.3) is 6.08 Å². The molecule has 2 heterocycles. The molecule has 3 rings (SSSR count). The van der Waals surface area contributed by atoms with Gasteiger partial charge in [0.05, 0.1) is 11.7 Å². The fourth-order valence-corrected chi connectivity index (χ4v) is 3.90. The number of carbonyl (C=O) groups is 1. The molecule has 23 heavy (non-hydrogen) atoms. The molecule has 1 fully saturated rings. The Balaban J connectivity index is 1.67. The third-order valence-electron chi connectivity index (χ3n) is 5.26. The lowest BCUT2D eigenvalue weighted by Gasteiger charge is -2.40. The predicted molar refractivity (Wildman–Crippen MR) is 93.1 cm³/mol. The number of carbonyl (C=O) groups excluding carboxylic acids is 1. The summed E-state index contributed by atoms with van der Waals surface area (Å²) in [5.74, 6) is 0.771. The first kappa shape index (κ1) is 16.2. The molecule has 1 N–H and O–H groups in total. The van der Waals surface area contributed by atoms with Gasteiger partial charge in [0, 0.05) is 24.7 Å². The van der Waals surface area contributed by atoms with Crippen molar-refractivity contribution in [2.24, 2.45) is 5.92 Å². The van der Waals surface area contributed by atoms with E-state index in [0.29, 0.717) is 5.92 Å². The first-order valence-corrected chi connectivity index (χ1v) is 8.66. The summed E-state index contributed by atoms with van der Waals surface area (Å²) in [7, 11) is 1.89. The minimum absolute atomic E-state index is 0.0582. The van der Waals surface area contributed by atoms with E-state index in [2.05, 4.69) is 42.4 Å². The van der Waals surface area contributed by atoms with Gasteiger partial charge in [-0.05, 0) is 49.9 Å². The second-order valence-corrected chi connectivity index (χ2v) is 7.22. The standard InChI is InChI=1S/C19H27N3O/c1-14(2)13-17(20-3)18(23)22-11-8-19(9-12-22)7-6-16-15(19)5-4-10-21-16/h4-7,10,14,17,20H,8-9,11-13H2,1-3H3. The molecule has 1 aliphatic heterocycles. The molecule has 0 aromatic carbocycles. The van der Waals surface area contributed by atoms with Crippen molar-refractivity contribution >= 4 is 12.0 Å². The lowest BCUT2D eigenvalue weighted by molar-refractivity contribution is -0.135. The molecule has 1 amide bonds. The Morgan fingerprint density at radius 1 is 1.39 bits per heavy atom. The van der Waals surface area contributed by atoms with Crippen LogP contribution in [-0.4, -0.2) is 42.0 Å². The normalized spacial score (nSPS) is 20.1. The number of nitrogens with one attached hydrogen (secondary N) is 1. The van der Waals surface area contributed by atoms with E-state index in [1.165, 1.54) is 5.56 Å². The van der Waals surface area contributed by atoms with E-state index in [-0.39, 0.29) is 17.4 Å². The quantitative estimate of drug-likeness (QED) is 0.929. The molecule has 1 aliphatic carbocycles. The molecule has 4 nitrogen and oxygen atoms in total. The van der Waals surface area contributed by atoms with Gasteiger partial charge in [0.25, 0.3) is 0 Å². The number of hydrogen-bond acceptors (Lipinski definition) is 3. The monoisotopic (exact) mass is 313 g/mol. The highest BCUT2D eigenvalue weighted by atomic mass is 16.2. The van der Waals surface area contributed by atoms with Crippen molar-refractivity contribution in [3.8, 4) is 0 Å². The zero-order valence-corrected chi connectivity index (χ0v) is 14.4. The largest absolute Gasteiger partial charge is 0.341 e. The van der Waals surface area contributed by atoms with Gasteiger partial charge in [-0.15, -0.1) is 0 Å². The predicted octanol–water partition coefficient (Wildman–Crippen LogP) is 2.60. The van der Waals surface area contributed by atoms with Crippen LogP contribution >= 0.6 is 0 Å². The van der Waals surface area contributed by atoms with Crippen LogP contribution in [0.3, 0.4) is 0 Å². The van der Waals surface area contributed by atoms with E-state index in [1.54, 1.807) is 0 Å². The Morgan fingerprint density at radius 2 is 2.13 bits per heavy atom. The van der Waals surface area contributed by atoms with Crippen LogP contribution in [0, 0.1) is 5.92 Å². The lowest BCUT2D eigenvalue weighted by atomic mass is 9.75. The molecule has 124 valence electrons.